The molecule has 0 saturated heterocycles. The molecule has 0 aliphatic heterocycles. The molecule has 0 spiro atoms. The molecule has 0 unspecified atom stereocenters. The van der Waals surface area contributed by atoms with Crippen molar-refractivity contribution in [2.45, 2.75) is 39.4 Å². The first kappa shape index (κ1) is 15.8. The smallest absolute Gasteiger partial charge is 0.250 e. The summed E-state index contributed by atoms with van der Waals surface area (Å²) < 4.78 is 3.65. The molecule has 1 fully saturated rings. The fourth-order valence-corrected chi connectivity index (χ4v) is 2.63. The van der Waals surface area contributed by atoms with E-state index in [-0.39, 0.29) is 5.91 Å². The van der Waals surface area contributed by atoms with Gasteiger partial charge in [0.25, 0.3) is 5.91 Å². The second-order valence-electron chi connectivity index (χ2n) is 5.77. The van der Waals surface area contributed by atoms with Gasteiger partial charge in [-0.2, -0.15) is 10.2 Å². The van der Waals surface area contributed by atoms with Crippen LogP contribution in [-0.4, -0.2) is 25.5 Å². The van der Waals surface area contributed by atoms with Crippen LogP contribution in [0.5, 0.6) is 0 Å². The van der Waals surface area contributed by atoms with E-state index >= 15 is 0 Å². The van der Waals surface area contributed by atoms with Crippen molar-refractivity contribution < 1.29 is 4.79 Å². The van der Waals surface area contributed by atoms with Gasteiger partial charge in [0, 0.05) is 25.5 Å². The Morgan fingerprint density at radius 2 is 2.26 bits per heavy atom. The number of hydrogen-bond acceptors (Lipinski definition) is 3. The Kier molecular flexibility index (Phi) is 4.52. The first-order valence-corrected chi connectivity index (χ1v) is 8.16. The molecule has 1 aliphatic rings. The van der Waals surface area contributed by atoms with E-state index in [1.807, 2.05) is 17.8 Å². The second-order valence-corrected chi connectivity index (χ2v) is 6.18. The molecule has 0 atom stereocenters. The molecule has 1 aliphatic carbocycles. The van der Waals surface area contributed by atoms with Crippen LogP contribution in [0.4, 0.5) is 5.69 Å². The van der Waals surface area contributed by atoms with Gasteiger partial charge in [-0.05, 0) is 31.8 Å². The lowest BCUT2D eigenvalue weighted by Gasteiger charge is -2.18. The molecule has 7 heteroatoms. The van der Waals surface area contributed by atoms with E-state index in [2.05, 4.69) is 16.8 Å². The summed E-state index contributed by atoms with van der Waals surface area (Å²) in [4.78, 5) is 13.8. The summed E-state index contributed by atoms with van der Waals surface area (Å²) in [5.74, 6) is 0.527. The minimum Gasteiger partial charge on any atom is -0.300 e. The molecule has 0 radical (unpaired) electrons. The Bertz CT molecular complexity index is 716. The van der Waals surface area contributed by atoms with Crippen LogP contribution in [-0.2, 0) is 24.4 Å². The molecule has 2 aromatic rings. The van der Waals surface area contributed by atoms with Crippen molar-refractivity contribution in [3.05, 3.63) is 42.0 Å². The van der Waals surface area contributed by atoms with Crippen LogP contribution in [0.15, 0.2) is 31.2 Å². The predicted octanol–water partition coefficient (Wildman–Crippen LogP) is 2.88. The highest BCUT2D eigenvalue weighted by Crippen LogP contribution is 2.31. The lowest BCUT2D eigenvalue weighted by Crippen LogP contribution is -2.28. The maximum atomic E-state index is 12.2. The number of rotatable bonds is 7. The number of carbonyl (C=O) groups is 1. The van der Waals surface area contributed by atoms with Crippen LogP contribution in [0.2, 0.25) is 5.02 Å². The number of amides is 1. The van der Waals surface area contributed by atoms with E-state index in [0.29, 0.717) is 17.3 Å². The van der Waals surface area contributed by atoms with Crippen molar-refractivity contribution in [3.63, 3.8) is 0 Å². The number of halogens is 1. The van der Waals surface area contributed by atoms with Gasteiger partial charge in [0.1, 0.15) is 5.69 Å². The molecule has 1 amide bonds. The molecule has 23 heavy (non-hydrogen) atoms. The van der Waals surface area contributed by atoms with Crippen LogP contribution < -0.4 is 4.90 Å². The fourth-order valence-electron chi connectivity index (χ4n) is 2.42. The summed E-state index contributed by atoms with van der Waals surface area (Å²) >= 11 is 6.22. The van der Waals surface area contributed by atoms with Gasteiger partial charge in [0.2, 0.25) is 0 Å². The zero-order valence-corrected chi connectivity index (χ0v) is 13.9. The van der Waals surface area contributed by atoms with Crippen molar-refractivity contribution in [3.8, 4) is 0 Å². The first-order chi connectivity index (χ1) is 11.1. The largest absolute Gasteiger partial charge is 0.300 e. The molecule has 2 heterocycles. The number of nitrogens with zero attached hydrogens (tertiary/aromatic N) is 5. The predicted molar refractivity (Wildman–Crippen MR) is 89.2 cm³/mol. The van der Waals surface area contributed by atoms with Gasteiger partial charge in [-0.3, -0.25) is 19.1 Å². The Morgan fingerprint density at radius 1 is 1.48 bits per heavy atom. The maximum absolute atomic E-state index is 12.2. The van der Waals surface area contributed by atoms with E-state index in [1.54, 1.807) is 22.0 Å². The lowest BCUT2D eigenvalue weighted by molar-refractivity contribution is -0.114. The van der Waals surface area contributed by atoms with Crippen LogP contribution in [0.25, 0.3) is 0 Å². The third-order valence-corrected chi connectivity index (χ3v) is 4.25. The average Bonchev–Trinajstić information content (AvgIpc) is 3.12. The highest BCUT2D eigenvalue weighted by Gasteiger charge is 2.23. The van der Waals surface area contributed by atoms with E-state index < -0.39 is 0 Å². The Balaban J connectivity index is 1.81. The molecule has 0 bridgehead atoms. The summed E-state index contributed by atoms with van der Waals surface area (Å²) in [6.45, 7) is 7.50. The summed E-state index contributed by atoms with van der Waals surface area (Å²) in [7, 11) is 0. The first-order valence-electron chi connectivity index (χ1n) is 7.79. The van der Waals surface area contributed by atoms with Gasteiger partial charge in [-0.1, -0.05) is 18.2 Å². The SMILES string of the molecule is C=CC(=O)N(Cc1nn(CC)cc1Cl)c1cnn(CC2CC2)c1. The topological polar surface area (TPSA) is 56.0 Å². The molecule has 2 aromatic heterocycles. The summed E-state index contributed by atoms with van der Waals surface area (Å²) in [6.07, 6.45) is 9.18. The highest BCUT2D eigenvalue weighted by atomic mass is 35.5. The quantitative estimate of drug-likeness (QED) is 0.732. The van der Waals surface area contributed by atoms with E-state index in [4.69, 9.17) is 11.6 Å². The number of aromatic nitrogens is 4. The number of carbonyl (C=O) groups excluding carboxylic acids is 1. The molecular weight excluding hydrogens is 314 g/mol. The molecule has 122 valence electrons. The number of hydrogen-bond donors (Lipinski definition) is 0. The zero-order valence-electron chi connectivity index (χ0n) is 13.2. The van der Waals surface area contributed by atoms with Crippen molar-refractivity contribution in [2.24, 2.45) is 5.92 Å². The summed E-state index contributed by atoms with van der Waals surface area (Å²) in [6, 6.07) is 0. The Hall–Kier alpha value is -2.08. The third kappa shape index (κ3) is 3.64. The second kappa shape index (κ2) is 6.58. The molecule has 1 saturated carbocycles. The lowest BCUT2D eigenvalue weighted by atomic mass is 10.3. The summed E-state index contributed by atoms with van der Waals surface area (Å²) in [5.41, 5.74) is 1.40. The monoisotopic (exact) mass is 333 g/mol. The van der Waals surface area contributed by atoms with E-state index in [9.17, 15) is 4.79 Å². The van der Waals surface area contributed by atoms with Gasteiger partial charge in [0.15, 0.2) is 0 Å². The van der Waals surface area contributed by atoms with Crippen LogP contribution in [0, 0.1) is 5.92 Å². The Morgan fingerprint density at radius 3 is 2.87 bits per heavy atom. The number of aryl methyl sites for hydroxylation is 1. The minimum absolute atomic E-state index is 0.196. The number of anilines is 1. The van der Waals surface area contributed by atoms with Gasteiger partial charge in [-0.25, -0.2) is 0 Å². The maximum Gasteiger partial charge on any atom is 0.250 e. The fraction of sp³-hybridized carbons (Fsp3) is 0.438. The van der Waals surface area contributed by atoms with Gasteiger partial charge in [0.05, 0.1) is 23.5 Å². The van der Waals surface area contributed by atoms with Crippen molar-refractivity contribution >= 4 is 23.2 Å². The third-order valence-electron chi connectivity index (χ3n) is 3.93. The standard InChI is InChI=1S/C16H20ClN5O/c1-3-16(23)22(11-15-14(17)10-20(4-2)19-15)13-7-18-21(9-13)8-12-5-6-12/h3,7,9-10,12H,1,4-6,8,11H2,2H3. The molecular formula is C16H20ClN5O. The van der Waals surface area contributed by atoms with Crippen LogP contribution in [0.1, 0.15) is 25.5 Å². The van der Waals surface area contributed by atoms with Crippen molar-refractivity contribution in [1.82, 2.24) is 19.6 Å². The minimum atomic E-state index is -0.196. The van der Waals surface area contributed by atoms with E-state index in [1.165, 1.54) is 18.9 Å². The van der Waals surface area contributed by atoms with Crippen LogP contribution in [0.3, 0.4) is 0 Å². The zero-order chi connectivity index (χ0) is 16.4. The average molecular weight is 334 g/mol. The Labute approximate surface area is 140 Å². The molecule has 3 rings (SSSR count). The highest BCUT2D eigenvalue weighted by molar-refractivity contribution is 6.31. The summed E-state index contributed by atoms with van der Waals surface area (Å²) in [5, 5.41) is 9.31. The normalized spacial score (nSPS) is 14.0. The van der Waals surface area contributed by atoms with Crippen molar-refractivity contribution in [2.75, 3.05) is 4.90 Å². The van der Waals surface area contributed by atoms with Crippen LogP contribution >= 0.6 is 11.6 Å². The van der Waals surface area contributed by atoms with Gasteiger partial charge >= 0.3 is 0 Å². The molecule has 6 nitrogen and oxygen atoms in total. The van der Waals surface area contributed by atoms with Gasteiger partial charge in [-0.15, -0.1) is 0 Å². The van der Waals surface area contributed by atoms with Crippen molar-refractivity contribution in [1.29, 1.82) is 0 Å². The molecule has 0 aromatic carbocycles. The van der Waals surface area contributed by atoms with Gasteiger partial charge < -0.3 is 0 Å². The van der Waals surface area contributed by atoms with E-state index in [0.717, 1.165) is 24.7 Å². The molecule has 0 N–H and O–H groups in total.